The van der Waals surface area contributed by atoms with E-state index in [-0.39, 0.29) is 0 Å². The van der Waals surface area contributed by atoms with Gasteiger partial charge in [-0.05, 0) is 31.5 Å². The average Bonchev–Trinajstić information content (AvgIpc) is 2.44. The molecule has 0 aliphatic carbocycles. The summed E-state index contributed by atoms with van der Waals surface area (Å²) in [5.41, 5.74) is 7.68. The molecule has 1 aromatic heterocycles. The maximum atomic E-state index is 11.5. The number of ether oxygens (including phenoxy) is 2. The van der Waals surface area contributed by atoms with Gasteiger partial charge in [-0.25, -0.2) is 9.78 Å². The SMILES string of the molecule is CCOC(=O)c1ccc(Oc2cc(N)ccc2C)nc1. The van der Waals surface area contributed by atoms with Gasteiger partial charge in [0, 0.05) is 24.0 Å². The number of nitrogens with zero attached hydrogens (tertiary/aromatic N) is 1. The van der Waals surface area contributed by atoms with Crippen LogP contribution in [0.15, 0.2) is 36.5 Å². The summed E-state index contributed by atoms with van der Waals surface area (Å²) in [5, 5.41) is 0. The zero-order valence-corrected chi connectivity index (χ0v) is 11.4. The summed E-state index contributed by atoms with van der Waals surface area (Å²) in [6.45, 7) is 4.01. The minimum atomic E-state index is -0.397. The van der Waals surface area contributed by atoms with E-state index in [0.29, 0.717) is 29.5 Å². The number of aryl methyl sites for hydroxylation is 1. The van der Waals surface area contributed by atoms with Crippen molar-refractivity contribution in [1.82, 2.24) is 4.98 Å². The molecule has 20 heavy (non-hydrogen) atoms. The number of pyridine rings is 1. The summed E-state index contributed by atoms with van der Waals surface area (Å²) in [6, 6.07) is 8.64. The number of esters is 1. The Labute approximate surface area is 117 Å². The van der Waals surface area contributed by atoms with Crippen LogP contribution < -0.4 is 10.5 Å². The third-order valence-corrected chi connectivity index (χ3v) is 2.67. The van der Waals surface area contributed by atoms with Crippen LogP contribution in [-0.4, -0.2) is 17.6 Å². The van der Waals surface area contributed by atoms with Crippen LogP contribution in [0.1, 0.15) is 22.8 Å². The van der Waals surface area contributed by atoms with E-state index in [1.807, 2.05) is 13.0 Å². The average molecular weight is 272 g/mol. The first-order valence-electron chi connectivity index (χ1n) is 6.27. The summed E-state index contributed by atoms with van der Waals surface area (Å²) in [4.78, 5) is 15.6. The molecule has 2 N–H and O–H groups in total. The minimum absolute atomic E-state index is 0.333. The number of aromatic nitrogens is 1. The highest BCUT2D eigenvalue weighted by atomic mass is 16.5. The van der Waals surface area contributed by atoms with Crippen molar-refractivity contribution in [3.8, 4) is 11.6 Å². The Morgan fingerprint density at radius 2 is 2.10 bits per heavy atom. The van der Waals surface area contributed by atoms with Gasteiger partial charge < -0.3 is 15.2 Å². The lowest BCUT2D eigenvalue weighted by molar-refractivity contribution is 0.0526. The van der Waals surface area contributed by atoms with E-state index in [4.69, 9.17) is 15.2 Å². The van der Waals surface area contributed by atoms with Gasteiger partial charge in [0.15, 0.2) is 0 Å². The molecule has 0 bridgehead atoms. The second-order valence-corrected chi connectivity index (χ2v) is 4.23. The van der Waals surface area contributed by atoms with Gasteiger partial charge in [0.05, 0.1) is 12.2 Å². The van der Waals surface area contributed by atoms with Crippen LogP contribution in [0.5, 0.6) is 11.6 Å². The van der Waals surface area contributed by atoms with E-state index in [1.165, 1.54) is 6.20 Å². The van der Waals surface area contributed by atoms with E-state index in [0.717, 1.165) is 5.56 Å². The molecule has 0 unspecified atom stereocenters. The maximum Gasteiger partial charge on any atom is 0.339 e. The molecule has 5 nitrogen and oxygen atoms in total. The third-order valence-electron chi connectivity index (χ3n) is 2.67. The van der Waals surface area contributed by atoms with Crippen molar-refractivity contribution in [1.29, 1.82) is 0 Å². The molecule has 0 fully saturated rings. The number of carbonyl (C=O) groups is 1. The molecule has 5 heteroatoms. The van der Waals surface area contributed by atoms with Gasteiger partial charge in [-0.1, -0.05) is 6.07 Å². The molecule has 104 valence electrons. The summed E-state index contributed by atoms with van der Waals surface area (Å²) in [7, 11) is 0. The number of carbonyl (C=O) groups excluding carboxylic acids is 1. The standard InChI is InChI=1S/C15H16N2O3/c1-3-19-15(18)11-5-7-14(17-9-11)20-13-8-12(16)6-4-10(13)2/h4-9H,3,16H2,1-2H3. The fraction of sp³-hybridized carbons (Fsp3) is 0.200. The molecular formula is C15H16N2O3. The fourth-order valence-corrected chi connectivity index (χ4v) is 1.62. The summed E-state index contributed by atoms with van der Waals surface area (Å²) in [6.07, 6.45) is 1.43. The summed E-state index contributed by atoms with van der Waals surface area (Å²) < 4.78 is 10.5. The molecule has 0 aliphatic heterocycles. The van der Waals surface area contributed by atoms with Crippen molar-refractivity contribution in [3.05, 3.63) is 47.7 Å². The molecule has 1 aromatic carbocycles. The molecule has 0 saturated heterocycles. The maximum absolute atomic E-state index is 11.5. The van der Waals surface area contributed by atoms with E-state index >= 15 is 0 Å². The predicted octanol–water partition coefficient (Wildman–Crippen LogP) is 2.94. The van der Waals surface area contributed by atoms with Crippen LogP contribution in [-0.2, 0) is 4.74 Å². The number of rotatable bonds is 4. The second kappa shape index (κ2) is 6.06. The zero-order valence-electron chi connectivity index (χ0n) is 11.4. The van der Waals surface area contributed by atoms with Crippen LogP contribution in [0.25, 0.3) is 0 Å². The van der Waals surface area contributed by atoms with Crippen LogP contribution in [0.3, 0.4) is 0 Å². The minimum Gasteiger partial charge on any atom is -0.462 e. The van der Waals surface area contributed by atoms with E-state index < -0.39 is 5.97 Å². The lowest BCUT2D eigenvalue weighted by atomic mass is 10.2. The first kappa shape index (κ1) is 13.9. The third kappa shape index (κ3) is 3.26. The number of hydrogen-bond donors (Lipinski definition) is 1. The van der Waals surface area contributed by atoms with Gasteiger partial charge in [-0.3, -0.25) is 0 Å². The number of nitrogen functional groups attached to an aromatic ring is 1. The van der Waals surface area contributed by atoms with Crippen molar-refractivity contribution >= 4 is 11.7 Å². The largest absolute Gasteiger partial charge is 0.462 e. The van der Waals surface area contributed by atoms with Gasteiger partial charge in [0.2, 0.25) is 5.88 Å². The highest BCUT2D eigenvalue weighted by Gasteiger charge is 2.08. The first-order valence-corrected chi connectivity index (χ1v) is 6.27. The Morgan fingerprint density at radius 3 is 2.75 bits per heavy atom. The first-order chi connectivity index (χ1) is 9.60. The quantitative estimate of drug-likeness (QED) is 0.684. The molecule has 0 atom stereocenters. The van der Waals surface area contributed by atoms with Crippen LogP contribution >= 0.6 is 0 Å². The lowest BCUT2D eigenvalue weighted by Gasteiger charge is -2.09. The molecule has 0 aliphatic rings. The van der Waals surface area contributed by atoms with Crippen molar-refractivity contribution in [2.24, 2.45) is 0 Å². The molecule has 1 heterocycles. The number of anilines is 1. The second-order valence-electron chi connectivity index (χ2n) is 4.23. The van der Waals surface area contributed by atoms with E-state index in [1.54, 1.807) is 31.2 Å². The molecule has 0 radical (unpaired) electrons. The Hall–Kier alpha value is -2.56. The molecule has 0 spiro atoms. The molecule has 0 saturated carbocycles. The summed E-state index contributed by atoms with van der Waals surface area (Å²) >= 11 is 0. The molecule has 2 aromatic rings. The van der Waals surface area contributed by atoms with Gasteiger partial charge in [-0.15, -0.1) is 0 Å². The lowest BCUT2D eigenvalue weighted by Crippen LogP contribution is -2.05. The fourth-order valence-electron chi connectivity index (χ4n) is 1.62. The Morgan fingerprint density at radius 1 is 1.30 bits per heavy atom. The van der Waals surface area contributed by atoms with Crippen LogP contribution in [0.2, 0.25) is 0 Å². The number of nitrogens with two attached hydrogens (primary N) is 1. The highest BCUT2D eigenvalue weighted by molar-refractivity contribution is 5.89. The molecule has 2 rings (SSSR count). The zero-order chi connectivity index (χ0) is 14.5. The normalized spacial score (nSPS) is 10.1. The van der Waals surface area contributed by atoms with Crippen molar-refractivity contribution < 1.29 is 14.3 Å². The molecule has 0 amide bonds. The van der Waals surface area contributed by atoms with Gasteiger partial charge >= 0.3 is 5.97 Å². The monoisotopic (exact) mass is 272 g/mol. The van der Waals surface area contributed by atoms with Crippen molar-refractivity contribution in [2.45, 2.75) is 13.8 Å². The van der Waals surface area contributed by atoms with E-state index in [2.05, 4.69) is 4.98 Å². The Balaban J connectivity index is 2.14. The van der Waals surface area contributed by atoms with Crippen molar-refractivity contribution in [2.75, 3.05) is 12.3 Å². The molecular weight excluding hydrogens is 256 g/mol. The van der Waals surface area contributed by atoms with Crippen molar-refractivity contribution in [3.63, 3.8) is 0 Å². The topological polar surface area (TPSA) is 74.4 Å². The van der Waals surface area contributed by atoms with E-state index in [9.17, 15) is 4.79 Å². The van der Waals surface area contributed by atoms with Crippen LogP contribution in [0.4, 0.5) is 5.69 Å². The summed E-state index contributed by atoms with van der Waals surface area (Å²) in [5.74, 6) is 0.639. The van der Waals surface area contributed by atoms with Gasteiger partial charge in [0.25, 0.3) is 0 Å². The van der Waals surface area contributed by atoms with Crippen LogP contribution in [0, 0.1) is 6.92 Å². The Kier molecular flexibility index (Phi) is 4.20. The smallest absolute Gasteiger partial charge is 0.339 e. The number of hydrogen-bond acceptors (Lipinski definition) is 5. The Bertz CT molecular complexity index is 609. The number of benzene rings is 1. The van der Waals surface area contributed by atoms with Gasteiger partial charge in [0.1, 0.15) is 5.75 Å². The van der Waals surface area contributed by atoms with Gasteiger partial charge in [-0.2, -0.15) is 0 Å². The predicted molar refractivity (Wildman–Crippen MR) is 75.9 cm³/mol. The highest BCUT2D eigenvalue weighted by Crippen LogP contribution is 2.25.